The van der Waals surface area contributed by atoms with Crippen molar-refractivity contribution in [3.63, 3.8) is 0 Å². The van der Waals surface area contributed by atoms with E-state index >= 15 is 0 Å². The number of nitrogens with one attached hydrogen (secondary N) is 1. The van der Waals surface area contributed by atoms with Gasteiger partial charge >= 0.3 is 0 Å². The second-order valence-electron chi connectivity index (χ2n) is 6.84. The Morgan fingerprint density at radius 3 is 2.41 bits per heavy atom. The van der Waals surface area contributed by atoms with Crippen LogP contribution < -0.4 is 22.0 Å². The molecule has 1 atom stereocenters. The number of benzene rings is 2. The fourth-order valence-corrected chi connectivity index (χ4v) is 4.26. The second-order valence-corrected chi connectivity index (χ2v) is 7.79. The molecule has 0 saturated carbocycles. The van der Waals surface area contributed by atoms with Crippen LogP contribution in [-0.4, -0.2) is 20.6 Å². The van der Waals surface area contributed by atoms with Crippen molar-refractivity contribution in [2.45, 2.75) is 5.92 Å². The van der Waals surface area contributed by atoms with E-state index in [4.69, 9.17) is 4.74 Å². The lowest BCUT2D eigenvalue weighted by molar-refractivity contribution is -0.853. The van der Waals surface area contributed by atoms with E-state index < -0.39 is 0 Å². The number of rotatable bonds is 4. The van der Waals surface area contributed by atoms with Crippen LogP contribution in [-0.2, 0) is 0 Å². The number of ether oxygens (including phenoxy) is 1. The Morgan fingerprint density at radius 1 is 1.00 bits per heavy atom. The fourth-order valence-electron chi connectivity index (χ4n) is 3.52. The molecular formula is C22H21ClFNOS. The summed E-state index contributed by atoms with van der Waals surface area (Å²) in [5, 5.41) is 2.07. The molecule has 2 aromatic carbocycles. The molecule has 0 bridgehead atoms. The van der Waals surface area contributed by atoms with Crippen LogP contribution in [0.5, 0.6) is 5.75 Å². The molecule has 1 aliphatic rings. The fraction of sp³-hybridized carbons (Fsp3) is 0.182. The van der Waals surface area contributed by atoms with Crippen molar-refractivity contribution in [1.82, 2.24) is 0 Å². The van der Waals surface area contributed by atoms with Crippen LogP contribution in [0.1, 0.15) is 21.9 Å². The maximum absolute atomic E-state index is 13.5. The minimum absolute atomic E-state index is 0. The van der Waals surface area contributed by atoms with E-state index in [0.29, 0.717) is 0 Å². The standard InChI is InChI=1S/C22H20FNOS.ClH/c1-24(2)14-18-21(15-9-11-16(23)12-10-15)17-6-3-4-7-19(17)25-22(18)20-8-5-13-26-20;/h3-13,21H,14H2,1-2H3;1H. The largest absolute Gasteiger partial charge is 1.00 e. The van der Waals surface area contributed by atoms with Crippen molar-refractivity contribution in [3.8, 4) is 5.75 Å². The third kappa shape index (κ3) is 3.93. The zero-order valence-corrected chi connectivity index (χ0v) is 16.8. The summed E-state index contributed by atoms with van der Waals surface area (Å²) in [7, 11) is 4.28. The number of halogens is 2. The van der Waals surface area contributed by atoms with E-state index in [9.17, 15) is 4.39 Å². The maximum Gasteiger partial charge on any atom is 0.150 e. The Hall–Kier alpha value is -2.14. The van der Waals surface area contributed by atoms with Crippen LogP contribution in [0.25, 0.3) is 5.76 Å². The second kappa shape index (κ2) is 8.26. The van der Waals surface area contributed by atoms with Crippen LogP contribution in [0.2, 0.25) is 0 Å². The Morgan fingerprint density at radius 2 is 1.74 bits per heavy atom. The summed E-state index contributed by atoms with van der Waals surface area (Å²) in [6, 6.07) is 19.2. The van der Waals surface area contributed by atoms with E-state index in [1.807, 2.05) is 36.4 Å². The van der Waals surface area contributed by atoms with Crippen molar-refractivity contribution >= 4 is 17.1 Å². The molecule has 4 rings (SSSR count). The summed E-state index contributed by atoms with van der Waals surface area (Å²) in [5.74, 6) is 1.67. The topological polar surface area (TPSA) is 13.7 Å². The first kappa shape index (κ1) is 19.6. The molecule has 3 aromatic rings. The van der Waals surface area contributed by atoms with Gasteiger partial charge in [-0.15, -0.1) is 11.3 Å². The van der Waals surface area contributed by atoms with Crippen molar-refractivity contribution in [3.05, 3.63) is 93.4 Å². The highest BCUT2D eigenvalue weighted by Gasteiger charge is 2.33. The van der Waals surface area contributed by atoms with Gasteiger partial charge in [0, 0.05) is 17.1 Å². The molecule has 1 aromatic heterocycles. The molecular weight excluding hydrogens is 381 g/mol. The number of hydrogen-bond donors (Lipinski definition) is 1. The minimum atomic E-state index is -0.212. The van der Waals surface area contributed by atoms with E-state index in [0.717, 1.165) is 34.1 Å². The van der Waals surface area contributed by atoms with E-state index in [-0.39, 0.29) is 24.1 Å². The summed E-state index contributed by atoms with van der Waals surface area (Å²) in [6.45, 7) is 0.851. The van der Waals surface area contributed by atoms with Gasteiger partial charge in [0.25, 0.3) is 0 Å². The predicted octanol–water partition coefficient (Wildman–Crippen LogP) is 0.971. The molecule has 2 heterocycles. The first-order chi connectivity index (χ1) is 12.6. The Balaban J connectivity index is 0.00000210. The molecule has 140 valence electrons. The molecule has 27 heavy (non-hydrogen) atoms. The molecule has 0 amide bonds. The minimum Gasteiger partial charge on any atom is -1.00 e. The van der Waals surface area contributed by atoms with Gasteiger partial charge in [-0.2, -0.15) is 0 Å². The van der Waals surface area contributed by atoms with E-state index in [1.54, 1.807) is 23.5 Å². The number of para-hydroxylation sites is 1. The van der Waals surface area contributed by atoms with Gasteiger partial charge in [0.05, 0.1) is 19.0 Å². The third-order valence-corrected chi connectivity index (χ3v) is 5.44. The SMILES string of the molecule is C[NH+](C)CC1=C(c2cccs2)Oc2ccccc2C1c1ccc(F)cc1.[Cl-]. The third-order valence-electron chi connectivity index (χ3n) is 4.57. The molecule has 2 nitrogen and oxygen atoms in total. The van der Waals surface area contributed by atoms with E-state index in [1.165, 1.54) is 10.5 Å². The van der Waals surface area contributed by atoms with Crippen LogP contribution in [0, 0.1) is 5.82 Å². The first-order valence-corrected chi connectivity index (χ1v) is 9.59. The number of hydrogen-bond acceptors (Lipinski definition) is 2. The lowest BCUT2D eigenvalue weighted by Gasteiger charge is -2.31. The van der Waals surface area contributed by atoms with Crippen LogP contribution in [0.4, 0.5) is 4.39 Å². The zero-order valence-electron chi connectivity index (χ0n) is 15.2. The highest BCUT2D eigenvalue weighted by atomic mass is 35.5. The zero-order chi connectivity index (χ0) is 18.1. The van der Waals surface area contributed by atoms with Crippen molar-refractivity contribution in [2.24, 2.45) is 0 Å². The summed E-state index contributed by atoms with van der Waals surface area (Å²) in [5.41, 5.74) is 3.46. The van der Waals surface area contributed by atoms with Gasteiger partial charge in [0.2, 0.25) is 0 Å². The highest BCUT2D eigenvalue weighted by molar-refractivity contribution is 7.11. The number of fused-ring (bicyclic) bond motifs is 1. The van der Waals surface area contributed by atoms with Gasteiger partial charge < -0.3 is 22.0 Å². The van der Waals surface area contributed by atoms with Crippen LogP contribution >= 0.6 is 11.3 Å². The lowest BCUT2D eigenvalue weighted by Crippen LogP contribution is -3.06. The van der Waals surface area contributed by atoms with Gasteiger partial charge in [-0.3, -0.25) is 0 Å². The first-order valence-electron chi connectivity index (χ1n) is 8.71. The normalized spacial score (nSPS) is 15.9. The molecule has 1 unspecified atom stereocenters. The van der Waals surface area contributed by atoms with Crippen LogP contribution in [0.3, 0.4) is 0 Å². The van der Waals surface area contributed by atoms with Gasteiger partial charge in [0.1, 0.15) is 23.9 Å². The monoisotopic (exact) mass is 401 g/mol. The molecule has 0 spiro atoms. The molecule has 0 aliphatic carbocycles. The van der Waals surface area contributed by atoms with Crippen molar-refractivity contribution < 1.29 is 26.4 Å². The lowest BCUT2D eigenvalue weighted by atomic mass is 9.81. The number of likely N-dealkylation sites (N-methyl/N-ethyl adjacent to an activating group) is 1. The van der Waals surface area contributed by atoms with Crippen molar-refractivity contribution in [1.29, 1.82) is 0 Å². The Labute approximate surface area is 169 Å². The summed E-state index contributed by atoms with van der Waals surface area (Å²) in [4.78, 5) is 2.45. The quantitative estimate of drug-likeness (QED) is 0.688. The molecule has 1 aliphatic heterocycles. The average molecular weight is 402 g/mol. The summed E-state index contributed by atoms with van der Waals surface area (Å²) < 4.78 is 19.9. The summed E-state index contributed by atoms with van der Waals surface area (Å²) in [6.07, 6.45) is 0. The number of thiophene rings is 1. The predicted molar refractivity (Wildman–Crippen MR) is 104 cm³/mol. The van der Waals surface area contributed by atoms with Gasteiger partial charge in [-0.1, -0.05) is 36.4 Å². The highest BCUT2D eigenvalue weighted by Crippen LogP contribution is 2.45. The Bertz CT molecular complexity index is 935. The molecule has 0 saturated heterocycles. The van der Waals surface area contributed by atoms with Crippen LogP contribution in [0.15, 0.2) is 71.6 Å². The molecule has 0 radical (unpaired) electrons. The molecule has 0 fully saturated rings. The van der Waals surface area contributed by atoms with Gasteiger partial charge in [0.15, 0.2) is 0 Å². The molecule has 1 N–H and O–H groups in total. The Kier molecular flexibility index (Phi) is 6.00. The molecule has 5 heteroatoms. The smallest absolute Gasteiger partial charge is 0.150 e. The number of quaternary nitrogens is 1. The van der Waals surface area contributed by atoms with Gasteiger partial charge in [-0.05, 0) is 35.2 Å². The average Bonchev–Trinajstić information content (AvgIpc) is 3.16. The van der Waals surface area contributed by atoms with E-state index in [2.05, 4.69) is 31.6 Å². The van der Waals surface area contributed by atoms with Gasteiger partial charge in [-0.25, -0.2) is 4.39 Å². The maximum atomic E-state index is 13.5. The summed E-state index contributed by atoms with van der Waals surface area (Å²) >= 11 is 1.68. The van der Waals surface area contributed by atoms with Crippen molar-refractivity contribution in [2.75, 3.05) is 20.6 Å².